The number of rotatable bonds is 13. The fraction of sp³-hybridized carbons (Fsp3) is 0.679. The number of hydrazine groups is 1. The number of aromatic nitrogens is 1. The lowest BCUT2D eigenvalue weighted by Gasteiger charge is -2.21. The molecule has 8 nitrogen and oxygen atoms in total. The average molecular weight is 503 g/mol. The summed E-state index contributed by atoms with van der Waals surface area (Å²) < 4.78 is 0. The first-order chi connectivity index (χ1) is 17.1. The molecule has 1 aromatic heterocycles. The third kappa shape index (κ3) is 12.6. The maximum atomic E-state index is 11.7. The van der Waals surface area contributed by atoms with Crippen molar-refractivity contribution in [2.75, 3.05) is 12.4 Å². The SMILES string of the molecule is CCC(CCCC1CC1)N=CC=C(C)C.CNCc1cc(C(C)C)c(NC(=O)NNO)c(C(C)C)n1. The zero-order valence-electron chi connectivity index (χ0n) is 23.7. The summed E-state index contributed by atoms with van der Waals surface area (Å²) in [6, 6.07) is 2.01. The van der Waals surface area contributed by atoms with Gasteiger partial charge in [-0.15, -0.1) is 5.59 Å². The monoisotopic (exact) mass is 502 g/mol. The molecule has 8 heteroatoms. The number of hydrogen-bond donors (Lipinski definition) is 5. The average Bonchev–Trinajstić information content (AvgIpc) is 3.63. The minimum atomic E-state index is -0.538. The number of anilines is 1. The van der Waals surface area contributed by atoms with Crippen molar-refractivity contribution in [1.82, 2.24) is 21.3 Å². The van der Waals surface area contributed by atoms with E-state index in [0.717, 1.165) is 22.9 Å². The summed E-state index contributed by atoms with van der Waals surface area (Å²) in [5, 5.41) is 14.4. The second kappa shape index (κ2) is 17.2. The molecule has 1 atom stereocenters. The fourth-order valence-electron chi connectivity index (χ4n) is 3.87. The lowest BCUT2D eigenvalue weighted by Crippen LogP contribution is -2.38. The topological polar surface area (TPSA) is 111 Å². The van der Waals surface area contributed by atoms with Crippen LogP contribution < -0.4 is 21.6 Å². The molecule has 0 radical (unpaired) electrons. The molecule has 5 N–H and O–H groups in total. The van der Waals surface area contributed by atoms with E-state index >= 15 is 0 Å². The molecule has 1 aliphatic rings. The number of carbonyl (C=O) groups excluding carboxylic acids is 1. The Morgan fingerprint density at radius 3 is 2.42 bits per heavy atom. The molecule has 36 heavy (non-hydrogen) atoms. The molecule has 1 saturated carbocycles. The first kappa shape index (κ1) is 31.7. The lowest BCUT2D eigenvalue weighted by molar-refractivity contribution is 0.130. The summed E-state index contributed by atoms with van der Waals surface area (Å²) in [5.41, 5.74) is 8.53. The number of amides is 2. The van der Waals surface area contributed by atoms with E-state index in [0.29, 0.717) is 18.3 Å². The highest BCUT2D eigenvalue weighted by atomic mass is 16.5. The normalized spacial score (nSPS) is 14.0. The number of allylic oxidation sites excluding steroid dienone is 2. The van der Waals surface area contributed by atoms with Gasteiger partial charge in [-0.1, -0.05) is 65.9 Å². The van der Waals surface area contributed by atoms with Crippen molar-refractivity contribution < 1.29 is 10.0 Å². The first-order valence-electron chi connectivity index (χ1n) is 13.4. The van der Waals surface area contributed by atoms with E-state index in [1.165, 1.54) is 44.1 Å². The first-order valence-corrected chi connectivity index (χ1v) is 13.4. The summed E-state index contributed by atoms with van der Waals surface area (Å²) in [6.07, 6.45) is 12.3. The van der Waals surface area contributed by atoms with Crippen molar-refractivity contribution in [3.05, 3.63) is 34.7 Å². The number of carbonyl (C=O) groups is 1. The molecule has 1 fully saturated rings. The lowest BCUT2D eigenvalue weighted by atomic mass is 9.96. The van der Waals surface area contributed by atoms with E-state index in [1.807, 2.05) is 33.2 Å². The largest absolute Gasteiger partial charge is 0.335 e. The Labute approximate surface area is 218 Å². The van der Waals surface area contributed by atoms with Gasteiger partial charge in [-0.2, -0.15) is 0 Å². The van der Waals surface area contributed by atoms with E-state index in [-0.39, 0.29) is 11.8 Å². The zero-order valence-corrected chi connectivity index (χ0v) is 23.7. The van der Waals surface area contributed by atoms with Gasteiger partial charge in [0.15, 0.2) is 0 Å². The van der Waals surface area contributed by atoms with E-state index in [4.69, 9.17) is 5.21 Å². The maximum absolute atomic E-state index is 11.7. The van der Waals surface area contributed by atoms with Gasteiger partial charge in [-0.05, 0) is 69.2 Å². The van der Waals surface area contributed by atoms with Crippen molar-refractivity contribution in [3.63, 3.8) is 0 Å². The van der Waals surface area contributed by atoms with Crippen LogP contribution in [0, 0.1) is 5.92 Å². The Bertz CT molecular complexity index is 813. The second-order valence-corrected chi connectivity index (χ2v) is 10.5. The van der Waals surface area contributed by atoms with Gasteiger partial charge < -0.3 is 10.6 Å². The standard InChI is InChI=1S/C14H25N5O2.C14H25N/c1-8(2)11-6-10(7-15-5)16-12(9(3)4)13(11)17-14(20)18-19-21;1-4-14(15-11-10-12(2)3)7-5-6-13-8-9-13/h6,8-9,15,19,21H,7H2,1-5H3,(H2,17,18,20);10-11,13-14H,4-9H2,1-3H3. The highest BCUT2D eigenvalue weighted by Crippen LogP contribution is 2.34. The molecule has 1 aliphatic carbocycles. The van der Waals surface area contributed by atoms with Crippen LogP contribution in [-0.4, -0.2) is 35.5 Å². The molecule has 2 amide bonds. The maximum Gasteiger partial charge on any atom is 0.335 e. The Kier molecular flexibility index (Phi) is 15.2. The van der Waals surface area contributed by atoms with Gasteiger partial charge in [0.2, 0.25) is 0 Å². The summed E-state index contributed by atoms with van der Waals surface area (Å²) >= 11 is 0. The Morgan fingerprint density at radius 1 is 1.22 bits per heavy atom. The number of nitrogens with zero attached hydrogens (tertiary/aromatic N) is 2. The number of pyridine rings is 1. The van der Waals surface area contributed by atoms with Gasteiger partial charge in [0.05, 0.1) is 17.1 Å². The van der Waals surface area contributed by atoms with Crippen LogP contribution in [0.15, 0.2) is 22.7 Å². The van der Waals surface area contributed by atoms with Gasteiger partial charge in [0, 0.05) is 18.8 Å². The van der Waals surface area contributed by atoms with Crippen LogP contribution in [0.2, 0.25) is 0 Å². The van der Waals surface area contributed by atoms with E-state index in [9.17, 15) is 4.79 Å². The summed E-state index contributed by atoms with van der Waals surface area (Å²) in [7, 11) is 1.87. The van der Waals surface area contributed by atoms with Crippen LogP contribution in [0.4, 0.5) is 10.5 Å². The predicted octanol–water partition coefficient (Wildman–Crippen LogP) is 6.45. The number of nitrogens with one attached hydrogen (secondary N) is 4. The van der Waals surface area contributed by atoms with Gasteiger partial charge in [0.1, 0.15) is 0 Å². The molecular weight excluding hydrogens is 452 g/mol. The molecule has 0 aliphatic heterocycles. The highest BCUT2D eigenvalue weighted by Gasteiger charge is 2.21. The van der Waals surface area contributed by atoms with E-state index in [1.54, 1.807) is 5.59 Å². The van der Waals surface area contributed by atoms with Crippen LogP contribution in [0.25, 0.3) is 0 Å². The van der Waals surface area contributed by atoms with Crippen LogP contribution >= 0.6 is 0 Å². The molecule has 1 heterocycles. The quantitative estimate of drug-likeness (QED) is 0.157. The number of aliphatic imine (C=N–C) groups is 1. The molecule has 0 saturated heterocycles. The Balaban J connectivity index is 0.000000381. The van der Waals surface area contributed by atoms with E-state index in [2.05, 4.69) is 66.7 Å². The molecule has 2 rings (SSSR count). The predicted molar refractivity (Wildman–Crippen MR) is 151 cm³/mol. The molecule has 0 aromatic carbocycles. The van der Waals surface area contributed by atoms with Crippen molar-refractivity contribution in [3.8, 4) is 0 Å². The zero-order chi connectivity index (χ0) is 27.1. The molecular formula is C28H50N6O2. The van der Waals surface area contributed by atoms with Crippen molar-refractivity contribution >= 4 is 17.9 Å². The third-order valence-corrected chi connectivity index (χ3v) is 6.09. The van der Waals surface area contributed by atoms with Crippen molar-refractivity contribution in [2.45, 2.75) is 111 Å². The Hall–Kier alpha value is -2.29. The second-order valence-electron chi connectivity index (χ2n) is 10.5. The molecule has 0 bridgehead atoms. The van der Waals surface area contributed by atoms with Crippen molar-refractivity contribution in [1.29, 1.82) is 0 Å². The van der Waals surface area contributed by atoms with Gasteiger partial charge >= 0.3 is 6.03 Å². The van der Waals surface area contributed by atoms with Crippen LogP contribution in [-0.2, 0) is 6.54 Å². The van der Waals surface area contributed by atoms with Crippen LogP contribution in [0.5, 0.6) is 0 Å². The minimum absolute atomic E-state index is 0.164. The van der Waals surface area contributed by atoms with Crippen molar-refractivity contribution in [2.24, 2.45) is 10.9 Å². The minimum Gasteiger partial charge on any atom is -0.314 e. The highest BCUT2D eigenvalue weighted by molar-refractivity contribution is 5.90. The number of urea groups is 1. The van der Waals surface area contributed by atoms with E-state index < -0.39 is 6.03 Å². The molecule has 1 unspecified atom stereocenters. The smallest absolute Gasteiger partial charge is 0.314 e. The summed E-state index contributed by atoms with van der Waals surface area (Å²) in [5.74, 6) is 1.47. The summed E-state index contributed by atoms with van der Waals surface area (Å²) in [4.78, 5) is 20.9. The van der Waals surface area contributed by atoms with Gasteiger partial charge in [-0.25, -0.2) is 10.2 Å². The number of hydrogen-bond acceptors (Lipinski definition) is 6. The van der Waals surface area contributed by atoms with Gasteiger partial charge in [-0.3, -0.25) is 15.2 Å². The molecule has 0 spiro atoms. The fourth-order valence-corrected chi connectivity index (χ4v) is 3.87. The molecule has 204 valence electrons. The van der Waals surface area contributed by atoms with Crippen LogP contribution in [0.1, 0.15) is 116 Å². The van der Waals surface area contributed by atoms with Crippen LogP contribution in [0.3, 0.4) is 0 Å². The molecule has 1 aromatic rings. The van der Waals surface area contributed by atoms with Gasteiger partial charge in [0.25, 0.3) is 0 Å². The summed E-state index contributed by atoms with van der Waals surface area (Å²) in [6.45, 7) is 15.3. The Morgan fingerprint density at radius 2 is 1.92 bits per heavy atom. The third-order valence-electron chi connectivity index (χ3n) is 6.09.